The Hall–Kier alpha value is -1.83. The second-order valence-electron chi connectivity index (χ2n) is 5.43. The van der Waals surface area contributed by atoms with Crippen molar-refractivity contribution in [1.29, 1.82) is 0 Å². The number of ether oxygens (including phenoxy) is 1. The van der Waals surface area contributed by atoms with Crippen molar-refractivity contribution < 1.29 is 9.13 Å². The van der Waals surface area contributed by atoms with Gasteiger partial charge >= 0.3 is 0 Å². The minimum atomic E-state index is -0.208. The molecule has 0 spiro atoms. The van der Waals surface area contributed by atoms with E-state index in [4.69, 9.17) is 4.74 Å². The number of hydrogen-bond acceptors (Lipinski definition) is 2. The predicted molar refractivity (Wildman–Crippen MR) is 111 cm³/mol. The van der Waals surface area contributed by atoms with Gasteiger partial charge in [-0.1, -0.05) is 30.3 Å². The quantitative estimate of drug-likeness (QED) is 0.393. The van der Waals surface area contributed by atoms with Gasteiger partial charge in [-0.3, -0.25) is 4.99 Å². The topological polar surface area (TPSA) is 36.9 Å². The number of hydrogen-bond donors (Lipinski definition) is 1. The lowest BCUT2D eigenvalue weighted by molar-refractivity contribution is 0.281. The Labute approximate surface area is 166 Å². The number of aliphatic imine (C=N–C) groups is 1. The van der Waals surface area contributed by atoms with Gasteiger partial charge in [0.2, 0.25) is 0 Å². The second kappa shape index (κ2) is 11.7. The van der Waals surface area contributed by atoms with Crippen LogP contribution in [0.3, 0.4) is 0 Å². The standard InChI is InChI=1S/C19H24FN3O.HI/c1-21-19(22-13-12-16-8-10-17(20)11-9-16)23(2)14-15-24-18-6-4-3-5-7-18;/h3-11H,12-15H2,1-2H3,(H,21,22);1H. The van der Waals surface area contributed by atoms with Gasteiger partial charge in [-0.2, -0.15) is 0 Å². The summed E-state index contributed by atoms with van der Waals surface area (Å²) >= 11 is 0. The largest absolute Gasteiger partial charge is 0.492 e. The van der Waals surface area contributed by atoms with Gasteiger partial charge in [0.25, 0.3) is 0 Å². The smallest absolute Gasteiger partial charge is 0.193 e. The highest BCUT2D eigenvalue weighted by Gasteiger charge is 2.05. The Morgan fingerprint density at radius 3 is 2.44 bits per heavy atom. The highest BCUT2D eigenvalue weighted by molar-refractivity contribution is 14.0. The first-order chi connectivity index (χ1) is 11.7. The molecule has 6 heteroatoms. The Balaban J connectivity index is 0.00000312. The maximum absolute atomic E-state index is 12.9. The maximum Gasteiger partial charge on any atom is 0.193 e. The fourth-order valence-electron chi connectivity index (χ4n) is 2.28. The van der Waals surface area contributed by atoms with Crippen molar-refractivity contribution in [3.63, 3.8) is 0 Å². The molecule has 0 saturated heterocycles. The van der Waals surface area contributed by atoms with Crippen molar-refractivity contribution in [2.45, 2.75) is 6.42 Å². The molecule has 0 unspecified atom stereocenters. The lowest BCUT2D eigenvalue weighted by Crippen LogP contribution is -2.41. The maximum atomic E-state index is 12.9. The first-order valence-corrected chi connectivity index (χ1v) is 8.03. The summed E-state index contributed by atoms with van der Waals surface area (Å²) in [4.78, 5) is 6.30. The van der Waals surface area contributed by atoms with Crippen LogP contribution in [0.4, 0.5) is 4.39 Å². The van der Waals surface area contributed by atoms with E-state index in [9.17, 15) is 4.39 Å². The summed E-state index contributed by atoms with van der Waals surface area (Å²) < 4.78 is 18.6. The fraction of sp³-hybridized carbons (Fsp3) is 0.316. The molecular formula is C19H25FIN3O. The summed E-state index contributed by atoms with van der Waals surface area (Å²) in [6.45, 7) is 2.05. The molecule has 2 aromatic rings. The Morgan fingerprint density at radius 2 is 1.80 bits per heavy atom. The summed E-state index contributed by atoms with van der Waals surface area (Å²) in [6.07, 6.45) is 0.813. The van der Waals surface area contributed by atoms with E-state index in [0.717, 1.165) is 36.8 Å². The molecule has 2 rings (SSSR count). The molecule has 0 bridgehead atoms. The lowest BCUT2D eigenvalue weighted by Gasteiger charge is -2.22. The third-order valence-electron chi connectivity index (χ3n) is 3.62. The van der Waals surface area contributed by atoms with E-state index < -0.39 is 0 Å². The SMILES string of the molecule is CN=C(NCCc1ccc(F)cc1)N(C)CCOc1ccccc1.I. The molecule has 0 aliphatic carbocycles. The number of guanidine groups is 1. The van der Waals surface area contributed by atoms with Gasteiger partial charge in [-0.05, 0) is 36.2 Å². The molecule has 0 atom stereocenters. The summed E-state index contributed by atoms with van der Waals surface area (Å²) in [5, 5.41) is 3.31. The number of benzene rings is 2. The fourth-order valence-corrected chi connectivity index (χ4v) is 2.28. The van der Waals surface area contributed by atoms with E-state index in [0.29, 0.717) is 6.61 Å². The number of nitrogens with one attached hydrogen (secondary N) is 1. The van der Waals surface area contributed by atoms with Crippen molar-refractivity contribution in [1.82, 2.24) is 10.2 Å². The third kappa shape index (κ3) is 7.72. The van der Waals surface area contributed by atoms with Crippen LogP contribution < -0.4 is 10.1 Å². The molecule has 0 aliphatic rings. The van der Waals surface area contributed by atoms with Crippen LogP contribution in [-0.2, 0) is 6.42 Å². The average Bonchev–Trinajstić information content (AvgIpc) is 2.61. The molecule has 0 heterocycles. The van der Waals surface area contributed by atoms with Gasteiger partial charge in [-0.25, -0.2) is 4.39 Å². The van der Waals surface area contributed by atoms with Crippen LogP contribution >= 0.6 is 24.0 Å². The van der Waals surface area contributed by atoms with E-state index in [1.807, 2.05) is 42.3 Å². The van der Waals surface area contributed by atoms with Crippen molar-refractivity contribution in [2.75, 3.05) is 33.8 Å². The molecule has 25 heavy (non-hydrogen) atoms. The van der Waals surface area contributed by atoms with E-state index in [2.05, 4.69) is 10.3 Å². The van der Waals surface area contributed by atoms with E-state index in [1.165, 1.54) is 12.1 Å². The minimum absolute atomic E-state index is 0. The molecule has 0 aromatic heterocycles. The molecule has 0 fully saturated rings. The zero-order valence-corrected chi connectivity index (χ0v) is 16.9. The first kappa shape index (κ1) is 21.2. The summed E-state index contributed by atoms with van der Waals surface area (Å²) in [7, 11) is 3.73. The van der Waals surface area contributed by atoms with Gasteiger partial charge in [0.05, 0.1) is 6.54 Å². The number of halogens is 2. The van der Waals surface area contributed by atoms with Crippen LogP contribution in [0.15, 0.2) is 59.6 Å². The second-order valence-corrected chi connectivity index (χ2v) is 5.43. The van der Waals surface area contributed by atoms with Gasteiger partial charge in [0, 0.05) is 20.6 Å². The Morgan fingerprint density at radius 1 is 1.12 bits per heavy atom. The molecule has 0 saturated carbocycles. The summed E-state index contributed by atoms with van der Waals surface area (Å²) in [5.74, 6) is 1.47. The molecule has 1 N–H and O–H groups in total. The first-order valence-electron chi connectivity index (χ1n) is 8.03. The van der Waals surface area contributed by atoms with Gasteiger partial charge < -0.3 is 15.0 Å². The van der Waals surface area contributed by atoms with Crippen molar-refractivity contribution >= 4 is 29.9 Å². The molecule has 0 radical (unpaired) electrons. The van der Waals surface area contributed by atoms with Gasteiger partial charge in [0.15, 0.2) is 5.96 Å². The normalized spacial score (nSPS) is 10.8. The third-order valence-corrected chi connectivity index (χ3v) is 3.62. The molecule has 136 valence electrons. The zero-order valence-electron chi connectivity index (χ0n) is 14.6. The highest BCUT2D eigenvalue weighted by Crippen LogP contribution is 2.07. The number of nitrogens with zero attached hydrogens (tertiary/aromatic N) is 2. The number of para-hydroxylation sites is 1. The predicted octanol–water partition coefficient (Wildman–Crippen LogP) is 3.57. The average molecular weight is 457 g/mol. The molecular weight excluding hydrogens is 432 g/mol. The van der Waals surface area contributed by atoms with Gasteiger partial charge in [0.1, 0.15) is 18.2 Å². The monoisotopic (exact) mass is 457 g/mol. The van der Waals surface area contributed by atoms with Crippen LogP contribution in [0.5, 0.6) is 5.75 Å². The zero-order chi connectivity index (χ0) is 17.2. The molecule has 0 aliphatic heterocycles. The summed E-state index contributed by atoms with van der Waals surface area (Å²) in [5.41, 5.74) is 1.09. The summed E-state index contributed by atoms with van der Waals surface area (Å²) in [6, 6.07) is 16.3. The van der Waals surface area contributed by atoms with Crippen LogP contribution in [0.1, 0.15) is 5.56 Å². The Bertz CT molecular complexity index is 635. The van der Waals surface area contributed by atoms with Crippen molar-refractivity contribution in [3.05, 3.63) is 66.0 Å². The highest BCUT2D eigenvalue weighted by atomic mass is 127. The van der Waals surface area contributed by atoms with Crippen molar-refractivity contribution in [3.8, 4) is 5.75 Å². The number of rotatable bonds is 7. The number of likely N-dealkylation sites (N-methyl/N-ethyl adjacent to an activating group) is 1. The van der Waals surface area contributed by atoms with Crippen LogP contribution in [0.25, 0.3) is 0 Å². The van der Waals surface area contributed by atoms with Gasteiger partial charge in [-0.15, -0.1) is 24.0 Å². The minimum Gasteiger partial charge on any atom is -0.492 e. The lowest BCUT2D eigenvalue weighted by atomic mass is 10.1. The van der Waals surface area contributed by atoms with Crippen molar-refractivity contribution in [2.24, 2.45) is 4.99 Å². The molecule has 0 amide bonds. The van der Waals surface area contributed by atoms with Crippen LogP contribution in [0, 0.1) is 5.82 Å². The van der Waals surface area contributed by atoms with E-state index >= 15 is 0 Å². The molecule has 2 aromatic carbocycles. The Kier molecular flexibility index (Phi) is 9.91. The van der Waals surface area contributed by atoms with E-state index in [-0.39, 0.29) is 29.8 Å². The van der Waals surface area contributed by atoms with E-state index in [1.54, 1.807) is 19.2 Å². The van der Waals surface area contributed by atoms with Crippen LogP contribution in [0.2, 0.25) is 0 Å². The molecule has 4 nitrogen and oxygen atoms in total. The van der Waals surface area contributed by atoms with Crippen LogP contribution in [-0.4, -0.2) is 44.7 Å².